The molecule has 2 rings (SSSR count). The largest absolute Gasteiger partial charge is 0.495 e. The molecule has 0 atom stereocenters. The maximum absolute atomic E-state index is 12.3. The van der Waals surface area contributed by atoms with Gasteiger partial charge in [-0.15, -0.1) is 0 Å². The molecule has 1 aromatic heterocycles. The fourth-order valence-electron chi connectivity index (χ4n) is 1.97. The van der Waals surface area contributed by atoms with Crippen molar-refractivity contribution in [1.82, 2.24) is 10.3 Å². The number of nitrogens with zero attached hydrogens (tertiary/aromatic N) is 1. The third-order valence-electron chi connectivity index (χ3n) is 3.27. The highest BCUT2D eigenvalue weighted by Gasteiger charge is 2.18. The van der Waals surface area contributed by atoms with Crippen LogP contribution >= 0.6 is 11.6 Å². The van der Waals surface area contributed by atoms with Gasteiger partial charge in [-0.25, -0.2) is 8.42 Å². The van der Waals surface area contributed by atoms with Gasteiger partial charge in [0.05, 0.1) is 35.0 Å². The molecule has 1 heterocycles. The Hall–Kier alpha value is -2.12. The van der Waals surface area contributed by atoms with Crippen LogP contribution in [0.3, 0.4) is 0 Å². The highest BCUT2D eigenvalue weighted by atomic mass is 35.5. The van der Waals surface area contributed by atoms with E-state index in [0.717, 1.165) is 0 Å². The van der Waals surface area contributed by atoms with Crippen LogP contribution in [0, 0.1) is 0 Å². The predicted molar refractivity (Wildman–Crippen MR) is 90.8 cm³/mol. The molecule has 0 aliphatic heterocycles. The Morgan fingerprint density at radius 2 is 2.08 bits per heavy atom. The van der Waals surface area contributed by atoms with Gasteiger partial charge in [-0.3, -0.25) is 9.78 Å². The highest BCUT2D eigenvalue weighted by Crippen LogP contribution is 2.27. The van der Waals surface area contributed by atoms with Gasteiger partial charge in [0.1, 0.15) is 5.75 Å². The van der Waals surface area contributed by atoms with Crippen molar-refractivity contribution in [3.05, 3.63) is 53.3 Å². The van der Waals surface area contributed by atoms with E-state index >= 15 is 0 Å². The smallest absolute Gasteiger partial charge is 0.221 e. The number of hydrogen-bond acceptors (Lipinski definition) is 5. The van der Waals surface area contributed by atoms with Crippen LogP contribution in [-0.2, 0) is 21.2 Å². The summed E-state index contributed by atoms with van der Waals surface area (Å²) in [5, 5.41) is 2.85. The minimum absolute atomic E-state index is 0.0610. The molecule has 24 heavy (non-hydrogen) atoms. The molecule has 0 spiro atoms. The third kappa shape index (κ3) is 4.94. The first kappa shape index (κ1) is 18.2. The molecule has 8 heteroatoms. The highest BCUT2D eigenvalue weighted by molar-refractivity contribution is 7.91. The van der Waals surface area contributed by atoms with Crippen LogP contribution in [0.5, 0.6) is 5.75 Å². The van der Waals surface area contributed by atoms with Crippen molar-refractivity contribution in [2.45, 2.75) is 17.9 Å². The van der Waals surface area contributed by atoms with Gasteiger partial charge in [-0.2, -0.15) is 0 Å². The Balaban J connectivity index is 1.92. The number of methoxy groups -OCH3 is 1. The molecule has 0 aliphatic carbocycles. The summed E-state index contributed by atoms with van der Waals surface area (Å²) in [6.45, 7) is 0.258. The van der Waals surface area contributed by atoms with Crippen molar-refractivity contribution in [2.75, 3.05) is 12.9 Å². The first-order valence-corrected chi connectivity index (χ1v) is 9.18. The summed E-state index contributed by atoms with van der Waals surface area (Å²) >= 11 is 5.94. The van der Waals surface area contributed by atoms with E-state index in [1.54, 1.807) is 18.3 Å². The number of carbonyl (C=O) groups is 1. The van der Waals surface area contributed by atoms with Crippen LogP contribution in [0.25, 0.3) is 0 Å². The SMILES string of the molecule is COc1ccc(S(=O)(=O)CCC(=O)NCc2ccccn2)cc1Cl. The Labute approximate surface area is 145 Å². The molecule has 0 unspecified atom stereocenters. The summed E-state index contributed by atoms with van der Waals surface area (Å²) in [7, 11) is -2.16. The zero-order valence-electron chi connectivity index (χ0n) is 13.0. The van der Waals surface area contributed by atoms with E-state index in [-0.39, 0.29) is 34.5 Å². The number of pyridine rings is 1. The molecule has 128 valence electrons. The van der Waals surface area contributed by atoms with Gasteiger partial charge >= 0.3 is 0 Å². The van der Waals surface area contributed by atoms with Crippen LogP contribution in [0.2, 0.25) is 5.02 Å². The van der Waals surface area contributed by atoms with Crippen LogP contribution < -0.4 is 10.1 Å². The Kier molecular flexibility index (Phi) is 6.16. The van der Waals surface area contributed by atoms with Gasteiger partial charge in [0, 0.05) is 12.6 Å². The van der Waals surface area contributed by atoms with Crippen molar-refractivity contribution >= 4 is 27.3 Å². The average molecular weight is 369 g/mol. The Morgan fingerprint density at radius 1 is 1.29 bits per heavy atom. The molecule has 0 saturated carbocycles. The molecule has 1 N–H and O–H groups in total. The molecular weight excluding hydrogens is 352 g/mol. The second-order valence-electron chi connectivity index (χ2n) is 4.96. The summed E-state index contributed by atoms with van der Waals surface area (Å²) in [5.41, 5.74) is 0.704. The average Bonchev–Trinajstić information content (AvgIpc) is 2.59. The van der Waals surface area contributed by atoms with E-state index in [0.29, 0.717) is 11.4 Å². The number of aromatic nitrogens is 1. The van der Waals surface area contributed by atoms with E-state index in [1.165, 1.54) is 25.3 Å². The lowest BCUT2D eigenvalue weighted by atomic mass is 10.3. The number of ether oxygens (including phenoxy) is 1. The topological polar surface area (TPSA) is 85.4 Å². The van der Waals surface area contributed by atoms with E-state index in [1.807, 2.05) is 6.07 Å². The van der Waals surface area contributed by atoms with Gasteiger partial charge in [0.15, 0.2) is 9.84 Å². The zero-order chi connectivity index (χ0) is 17.6. The first-order chi connectivity index (χ1) is 11.4. The van der Waals surface area contributed by atoms with Crippen molar-refractivity contribution in [2.24, 2.45) is 0 Å². The van der Waals surface area contributed by atoms with Gasteiger partial charge in [0.25, 0.3) is 0 Å². The molecule has 0 aliphatic rings. The van der Waals surface area contributed by atoms with Gasteiger partial charge in [-0.05, 0) is 30.3 Å². The summed E-state index contributed by atoms with van der Waals surface area (Å²) in [6.07, 6.45) is 1.48. The Morgan fingerprint density at radius 3 is 2.71 bits per heavy atom. The van der Waals surface area contributed by atoms with E-state index in [9.17, 15) is 13.2 Å². The second-order valence-corrected chi connectivity index (χ2v) is 7.48. The van der Waals surface area contributed by atoms with E-state index < -0.39 is 9.84 Å². The molecule has 6 nitrogen and oxygen atoms in total. The summed E-state index contributed by atoms with van der Waals surface area (Å²) in [4.78, 5) is 15.9. The zero-order valence-corrected chi connectivity index (χ0v) is 14.6. The van der Waals surface area contributed by atoms with Gasteiger partial charge in [0.2, 0.25) is 5.91 Å². The normalized spacial score (nSPS) is 11.1. The van der Waals surface area contributed by atoms with Crippen LogP contribution in [0.4, 0.5) is 0 Å². The predicted octanol–water partition coefficient (Wildman–Crippen LogP) is 2.22. The van der Waals surface area contributed by atoms with E-state index in [4.69, 9.17) is 16.3 Å². The fraction of sp³-hybridized carbons (Fsp3) is 0.250. The number of nitrogens with one attached hydrogen (secondary N) is 1. The molecule has 0 saturated heterocycles. The second kappa shape index (κ2) is 8.12. The summed E-state index contributed by atoms with van der Waals surface area (Å²) in [6, 6.07) is 9.57. The van der Waals surface area contributed by atoms with Crippen LogP contribution in [0.1, 0.15) is 12.1 Å². The molecule has 0 radical (unpaired) electrons. The quantitative estimate of drug-likeness (QED) is 0.809. The lowest BCUT2D eigenvalue weighted by Gasteiger charge is -2.08. The number of sulfone groups is 1. The minimum Gasteiger partial charge on any atom is -0.495 e. The number of amides is 1. The van der Waals surface area contributed by atoms with Crippen molar-refractivity contribution in [3.8, 4) is 5.75 Å². The third-order valence-corrected chi connectivity index (χ3v) is 5.28. The molecule has 2 aromatic rings. The Bertz CT molecular complexity index is 810. The minimum atomic E-state index is -3.60. The monoisotopic (exact) mass is 368 g/mol. The standard InChI is InChI=1S/C16H17ClN2O4S/c1-23-15-6-5-13(10-14(15)17)24(21,22)9-7-16(20)19-11-12-4-2-3-8-18-12/h2-6,8,10H,7,9,11H2,1H3,(H,19,20). The van der Waals surface area contributed by atoms with Crippen LogP contribution in [0.15, 0.2) is 47.5 Å². The number of hydrogen-bond donors (Lipinski definition) is 1. The number of halogens is 1. The summed E-state index contributed by atoms with van der Waals surface area (Å²) < 4.78 is 29.5. The maximum atomic E-state index is 12.3. The lowest BCUT2D eigenvalue weighted by Crippen LogP contribution is -2.25. The summed E-state index contributed by atoms with van der Waals surface area (Å²) in [5.74, 6) is -0.267. The molecular formula is C16H17ClN2O4S. The van der Waals surface area contributed by atoms with Crippen molar-refractivity contribution in [3.63, 3.8) is 0 Å². The molecule has 0 bridgehead atoms. The maximum Gasteiger partial charge on any atom is 0.221 e. The van der Waals surface area contributed by atoms with Gasteiger partial charge < -0.3 is 10.1 Å². The van der Waals surface area contributed by atoms with Crippen molar-refractivity contribution < 1.29 is 17.9 Å². The molecule has 1 aromatic carbocycles. The number of carbonyl (C=O) groups excluding carboxylic acids is 1. The van der Waals surface area contributed by atoms with Crippen molar-refractivity contribution in [1.29, 1.82) is 0 Å². The fourth-order valence-corrected chi connectivity index (χ4v) is 3.55. The first-order valence-electron chi connectivity index (χ1n) is 7.15. The lowest BCUT2D eigenvalue weighted by molar-refractivity contribution is -0.120. The molecule has 1 amide bonds. The molecule has 0 fully saturated rings. The van der Waals surface area contributed by atoms with E-state index in [2.05, 4.69) is 10.3 Å². The number of rotatable bonds is 7. The van der Waals surface area contributed by atoms with Gasteiger partial charge in [-0.1, -0.05) is 17.7 Å². The number of benzene rings is 1. The van der Waals surface area contributed by atoms with Crippen LogP contribution in [-0.4, -0.2) is 32.2 Å².